The number of aromatic nitrogens is 1. The molecule has 1 amide bonds. The molecule has 0 bridgehead atoms. The van der Waals surface area contributed by atoms with Gasteiger partial charge in [-0.3, -0.25) is 4.79 Å². The number of furan rings is 1. The number of benzene rings is 1. The standard InChI is InChI=1S/C22H24FN3O3S/c1-14-11-26(12-15(2)29-14)19-6-5-16(8-18(19)23)10-24-21(27)9-17-13-30-22(25-17)20-4-3-7-28-20/h3-8,13-15H,9-12H2,1-2H3,(H,24,27). The quantitative estimate of drug-likeness (QED) is 0.641. The molecule has 1 aliphatic heterocycles. The molecular formula is C22H24FN3O3S. The van der Waals surface area contributed by atoms with Crippen molar-refractivity contribution in [2.75, 3.05) is 18.0 Å². The number of ether oxygens (including phenoxy) is 1. The molecule has 4 rings (SSSR count). The van der Waals surface area contributed by atoms with Crippen LogP contribution in [0, 0.1) is 5.82 Å². The highest BCUT2D eigenvalue weighted by Gasteiger charge is 2.24. The van der Waals surface area contributed by atoms with Crippen LogP contribution < -0.4 is 10.2 Å². The maximum atomic E-state index is 14.7. The van der Waals surface area contributed by atoms with Gasteiger partial charge >= 0.3 is 0 Å². The van der Waals surface area contributed by atoms with Gasteiger partial charge < -0.3 is 19.4 Å². The molecule has 1 fully saturated rings. The van der Waals surface area contributed by atoms with E-state index in [4.69, 9.17) is 9.15 Å². The van der Waals surface area contributed by atoms with Gasteiger partial charge in [0.1, 0.15) is 5.82 Å². The number of hydrogen-bond acceptors (Lipinski definition) is 6. The van der Waals surface area contributed by atoms with Crippen molar-refractivity contribution in [3.8, 4) is 10.8 Å². The zero-order valence-corrected chi connectivity index (χ0v) is 17.7. The molecule has 8 heteroatoms. The number of carbonyl (C=O) groups excluding carboxylic acids is 1. The molecule has 1 aromatic carbocycles. The minimum absolute atomic E-state index is 0.0612. The maximum absolute atomic E-state index is 14.7. The molecule has 2 aromatic heterocycles. The fourth-order valence-electron chi connectivity index (χ4n) is 3.62. The Balaban J connectivity index is 1.32. The molecule has 6 nitrogen and oxygen atoms in total. The van der Waals surface area contributed by atoms with E-state index >= 15 is 0 Å². The average molecular weight is 430 g/mol. The molecule has 158 valence electrons. The molecule has 30 heavy (non-hydrogen) atoms. The summed E-state index contributed by atoms with van der Waals surface area (Å²) in [6.45, 7) is 5.56. The lowest BCUT2D eigenvalue weighted by molar-refractivity contribution is -0.120. The van der Waals surface area contributed by atoms with Gasteiger partial charge in [0.2, 0.25) is 5.91 Å². The molecule has 1 saturated heterocycles. The minimum atomic E-state index is -0.286. The highest BCUT2D eigenvalue weighted by molar-refractivity contribution is 7.13. The lowest BCUT2D eigenvalue weighted by Gasteiger charge is -2.37. The Morgan fingerprint density at radius 3 is 2.80 bits per heavy atom. The molecule has 1 N–H and O–H groups in total. The van der Waals surface area contributed by atoms with Crippen LogP contribution in [0.2, 0.25) is 0 Å². The predicted octanol–water partition coefficient (Wildman–Crippen LogP) is 4.01. The van der Waals surface area contributed by atoms with Gasteiger partial charge in [-0.2, -0.15) is 0 Å². The van der Waals surface area contributed by atoms with Crippen LogP contribution in [0.1, 0.15) is 25.1 Å². The Morgan fingerprint density at radius 2 is 2.10 bits per heavy atom. The fourth-order valence-corrected chi connectivity index (χ4v) is 4.41. The van der Waals surface area contributed by atoms with Crippen LogP contribution in [0.5, 0.6) is 0 Å². The second-order valence-corrected chi connectivity index (χ2v) is 8.38. The van der Waals surface area contributed by atoms with E-state index in [2.05, 4.69) is 10.3 Å². The van der Waals surface area contributed by atoms with E-state index in [1.165, 1.54) is 17.4 Å². The number of morpholine rings is 1. The van der Waals surface area contributed by atoms with Crippen molar-refractivity contribution in [2.45, 2.75) is 39.0 Å². The number of halogens is 1. The van der Waals surface area contributed by atoms with Gasteiger partial charge in [-0.15, -0.1) is 11.3 Å². The third kappa shape index (κ3) is 4.88. The minimum Gasteiger partial charge on any atom is -0.462 e. The Labute approximate surface area is 178 Å². The number of nitrogens with one attached hydrogen (secondary N) is 1. The topological polar surface area (TPSA) is 67.6 Å². The van der Waals surface area contributed by atoms with Gasteiger partial charge in [0.25, 0.3) is 0 Å². The summed E-state index contributed by atoms with van der Waals surface area (Å²) in [5.74, 6) is 0.239. The van der Waals surface area contributed by atoms with Crippen LogP contribution in [0.4, 0.5) is 10.1 Å². The van der Waals surface area contributed by atoms with E-state index in [0.717, 1.165) is 5.01 Å². The van der Waals surface area contributed by atoms with E-state index in [1.54, 1.807) is 18.4 Å². The zero-order chi connectivity index (χ0) is 21.1. The monoisotopic (exact) mass is 429 g/mol. The van der Waals surface area contributed by atoms with E-state index in [1.807, 2.05) is 36.3 Å². The summed E-state index contributed by atoms with van der Waals surface area (Å²) in [6.07, 6.45) is 1.88. The van der Waals surface area contributed by atoms with Crippen molar-refractivity contribution in [3.05, 3.63) is 59.0 Å². The van der Waals surface area contributed by atoms with Crippen molar-refractivity contribution in [1.29, 1.82) is 0 Å². The number of nitrogens with zero attached hydrogens (tertiary/aromatic N) is 2. The van der Waals surface area contributed by atoms with Gasteiger partial charge in [0.15, 0.2) is 10.8 Å². The highest BCUT2D eigenvalue weighted by Crippen LogP contribution is 2.25. The van der Waals surface area contributed by atoms with Gasteiger partial charge in [0, 0.05) is 25.0 Å². The largest absolute Gasteiger partial charge is 0.462 e. The SMILES string of the molecule is CC1CN(c2ccc(CNC(=O)Cc3csc(-c4ccco4)n3)cc2F)CC(C)O1. The molecular weight excluding hydrogens is 405 g/mol. The van der Waals surface area contributed by atoms with Gasteiger partial charge in [-0.25, -0.2) is 9.37 Å². The molecule has 1 aliphatic rings. The summed E-state index contributed by atoms with van der Waals surface area (Å²) in [7, 11) is 0. The van der Waals surface area contributed by atoms with Crippen LogP contribution in [0.3, 0.4) is 0 Å². The summed E-state index contributed by atoms with van der Waals surface area (Å²) in [4.78, 5) is 18.7. The number of anilines is 1. The Bertz CT molecular complexity index is 995. The summed E-state index contributed by atoms with van der Waals surface area (Å²) >= 11 is 1.43. The summed E-state index contributed by atoms with van der Waals surface area (Å²) < 4.78 is 25.7. The molecule has 0 aliphatic carbocycles. The van der Waals surface area contributed by atoms with Crippen molar-refractivity contribution in [3.63, 3.8) is 0 Å². The van der Waals surface area contributed by atoms with E-state index in [-0.39, 0.29) is 36.9 Å². The van der Waals surface area contributed by atoms with E-state index in [9.17, 15) is 9.18 Å². The first kappa shape index (κ1) is 20.6. The third-order valence-corrected chi connectivity index (χ3v) is 5.79. The van der Waals surface area contributed by atoms with Crippen LogP contribution in [-0.2, 0) is 22.5 Å². The van der Waals surface area contributed by atoms with Crippen LogP contribution in [0.15, 0.2) is 46.4 Å². The van der Waals surface area contributed by atoms with E-state index in [0.29, 0.717) is 35.8 Å². The molecule has 3 heterocycles. The normalized spacial score (nSPS) is 19.1. The van der Waals surface area contributed by atoms with Crippen molar-refractivity contribution >= 4 is 22.9 Å². The first-order valence-corrected chi connectivity index (χ1v) is 10.8. The Morgan fingerprint density at radius 1 is 1.30 bits per heavy atom. The smallest absolute Gasteiger partial charge is 0.226 e. The molecule has 0 saturated carbocycles. The number of thiazole rings is 1. The fraction of sp³-hybridized carbons (Fsp3) is 0.364. The second-order valence-electron chi connectivity index (χ2n) is 7.52. The predicted molar refractivity (Wildman–Crippen MR) is 114 cm³/mol. The van der Waals surface area contributed by atoms with Gasteiger partial charge in [-0.1, -0.05) is 6.07 Å². The van der Waals surface area contributed by atoms with Crippen molar-refractivity contribution < 1.29 is 18.3 Å². The number of amides is 1. The van der Waals surface area contributed by atoms with Gasteiger partial charge in [-0.05, 0) is 43.7 Å². The molecule has 2 unspecified atom stereocenters. The van der Waals surface area contributed by atoms with Crippen molar-refractivity contribution in [1.82, 2.24) is 10.3 Å². The Hall–Kier alpha value is -2.71. The van der Waals surface area contributed by atoms with Crippen LogP contribution in [0.25, 0.3) is 10.8 Å². The lowest BCUT2D eigenvalue weighted by Crippen LogP contribution is -2.45. The number of carbonyl (C=O) groups is 1. The Kier molecular flexibility index (Phi) is 6.15. The molecule has 3 aromatic rings. The third-order valence-electron chi connectivity index (χ3n) is 4.89. The van der Waals surface area contributed by atoms with Crippen LogP contribution >= 0.6 is 11.3 Å². The lowest BCUT2D eigenvalue weighted by atomic mass is 10.1. The second kappa shape index (κ2) is 8.97. The molecule has 0 radical (unpaired) electrons. The van der Waals surface area contributed by atoms with Crippen LogP contribution in [-0.4, -0.2) is 36.2 Å². The summed E-state index contributed by atoms with van der Waals surface area (Å²) in [6, 6.07) is 8.74. The highest BCUT2D eigenvalue weighted by atomic mass is 32.1. The summed E-state index contributed by atoms with van der Waals surface area (Å²) in [5, 5.41) is 5.42. The average Bonchev–Trinajstić information content (AvgIpc) is 3.37. The van der Waals surface area contributed by atoms with Crippen molar-refractivity contribution in [2.24, 2.45) is 0 Å². The number of hydrogen-bond donors (Lipinski definition) is 1. The summed E-state index contributed by atoms with van der Waals surface area (Å²) in [5.41, 5.74) is 1.97. The molecule has 2 atom stereocenters. The zero-order valence-electron chi connectivity index (χ0n) is 16.9. The maximum Gasteiger partial charge on any atom is 0.226 e. The number of rotatable bonds is 6. The van der Waals surface area contributed by atoms with E-state index < -0.39 is 0 Å². The first-order valence-electron chi connectivity index (χ1n) is 9.91. The molecule has 0 spiro atoms. The van der Waals surface area contributed by atoms with Gasteiger partial charge in [0.05, 0.1) is 36.3 Å². The first-order chi connectivity index (χ1) is 14.5.